The molecule has 0 amide bonds. The van der Waals surface area contributed by atoms with E-state index < -0.39 is 0 Å². The number of hydrogen-bond acceptors (Lipinski definition) is 4. The van der Waals surface area contributed by atoms with Gasteiger partial charge < -0.3 is 10.6 Å². The second-order valence-electron chi connectivity index (χ2n) is 6.38. The number of nitrogens with zero attached hydrogens (tertiary/aromatic N) is 3. The summed E-state index contributed by atoms with van der Waals surface area (Å²) in [6.07, 6.45) is 7.87. The summed E-state index contributed by atoms with van der Waals surface area (Å²) < 4.78 is 2.39. The van der Waals surface area contributed by atoms with Gasteiger partial charge in [-0.25, -0.2) is 4.68 Å². The molecule has 3 rings (SSSR count). The van der Waals surface area contributed by atoms with Crippen molar-refractivity contribution in [2.24, 2.45) is 17.6 Å². The lowest BCUT2D eigenvalue weighted by Gasteiger charge is -2.30. The van der Waals surface area contributed by atoms with Gasteiger partial charge in [-0.05, 0) is 53.4 Å². The van der Waals surface area contributed by atoms with E-state index in [-0.39, 0.29) is 11.6 Å². The van der Waals surface area contributed by atoms with Gasteiger partial charge in [0.2, 0.25) is 0 Å². The number of halogens is 1. The van der Waals surface area contributed by atoms with Crippen molar-refractivity contribution in [3.8, 4) is 0 Å². The van der Waals surface area contributed by atoms with E-state index in [0.29, 0.717) is 24.1 Å². The third-order valence-corrected chi connectivity index (χ3v) is 5.47. The first-order valence-electron chi connectivity index (χ1n) is 7.80. The van der Waals surface area contributed by atoms with Crippen molar-refractivity contribution in [3.05, 3.63) is 21.0 Å². The minimum atomic E-state index is -0.00197. The molecule has 2 fully saturated rings. The Morgan fingerprint density at radius 3 is 2.71 bits per heavy atom. The third kappa shape index (κ3) is 3.01. The fourth-order valence-corrected chi connectivity index (χ4v) is 3.68. The lowest BCUT2D eigenvalue weighted by atomic mass is 9.85. The summed E-state index contributed by atoms with van der Waals surface area (Å²) in [7, 11) is 1.98. The van der Waals surface area contributed by atoms with Gasteiger partial charge in [0.1, 0.15) is 5.69 Å². The maximum atomic E-state index is 12.8. The summed E-state index contributed by atoms with van der Waals surface area (Å²) in [6.45, 7) is 1.32. The molecule has 1 aromatic heterocycles. The fourth-order valence-electron chi connectivity index (χ4n) is 3.14. The average molecular weight is 355 g/mol. The van der Waals surface area contributed by atoms with Crippen molar-refractivity contribution in [2.45, 2.75) is 44.7 Å². The number of hydrogen-bond donors (Lipinski definition) is 1. The molecule has 1 unspecified atom stereocenters. The molecule has 2 saturated carbocycles. The molecular formula is C15H23BrN4O. The van der Waals surface area contributed by atoms with Gasteiger partial charge in [-0.15, -0.1) is 0 Å². The predicted molar refractivity (Wildman–Crippen MR) is 87.5 cm³/mol. The zero-order chi connectivity index (χ0) is 15.0. The molecule has 2 aliphatic rings. The highest BCUT2D eigenvalue weighted by Gasteiger charge is 2.34. The number of nitrogens with two attached hydrogens (primary N) is 1. The van der Waals surface area contributed by atoms with Gasteiger partial charge in [0.15, 0.2) is 0 Å². The molecule has 0 spiro atoms. The Kier molecular flexibility index (Phi) is 4.36. The minimum Gasteiger partial charge on any atom is -0.365 e. The van der Waals surface area contributed by atoms with Crippen molar-refractivity contribution in [3.63, 3.8) is 0 Å². The van der Waals surface area contributed by atoms with Crippen LogP contribution in [0.2, 0.25) is 0 Å². The summed E-state index contributed by atoms with van der Waals surface area (Å²) >= 11 is 3.49. The van der Waals surface area contributed by atoms with Crippen molar-refractivity contribution in [2.75, 3.05) is 18.5 Å². The zero-order valence-corrected chi connectivity index (χ0v) is 14.1. The molecule has 5 nitrogen and oxygen atoms in total. The number of aromatic nitrogens is 2. The number of rotatable bonds is 6. The standard InChI is InChI=1S/C15H23BrN4O/c1-19(13(7-17)11-5-6-11)14-12(16)8-18-20(15(14)21)9-10-3-2-4-10/h8,10-11,13H,2-7,9,17H2,1H3. The SMILES string of the molecule is CN(c1c(Br)cnn(CC2CCC2)c1=O)C(CN)C1CC1. The maximum absolute atomic E-state index is 12.8. The summed E-state index contributed by atoms with van der Waals surface area (Å²) in [4.78, 5) is 14.8. The first-order valence-corrected chi connectivity index (χ1v) is 8.59. The van der Waals surface area contributed by atoms with Crippen LogP contribution in [-0.2, 0) is 6.54 Å². The molecular weight excluding hydrogens is 332 g/mol. The molecule has 116 valence electrons. The third-order valence-electron chi connectivity index (χ3n) is 4.89. The van der Waals surface area contributed by atoms with Crippen LogP contribution in [0.5, 0.6) is 0 Å². The Morgan fingerprint density at radius 2 is 2.19 bits per heavy atom. The Hall–Kier alpha value is -0.880. The van der Waals surface area contributed by atoms with E-state index in [1.54, 1.807) is 10.9 Å². The Labute approximate surface area is 133 Å². The van der Waals surface area contributed by atoms with Crippen molar-refractivity contribution in [1.29, 1.82) is 0 Å². The second kappa shape index (κ2) is 6.08. The smallest absolute Gasteiger partial charge is 0.291 e. The fraction of sp³-hybridized carbons (Fsp3) is 0.733. The van der Waals surface area contributed by atoms with Gasteiger partial charge in [-0.2, -0.15) is 5.10 Å². The van der Waals surface area contributed by atoms with Crippen LogP contribution in [0.25, 0.3) is 0 Å². The first kappa shape index (κ1) is 15.0. The quantitative estimate of drug-likeness (QED) is 0.848. The predicted octanol–water partition coefficient (Wildman–Crippen LogP) is 1.98. The summed E-state index contributed by atoms with van der Waals surface area (Å²) in [6, 6.07) is 0.244. The van der Waals surface area contributed by atoms with E-state index in [4.69, 9.17) is 5.73 Å². The zero-order valence-electron chi connectivity index (χ0n) is 12.5. The van der Waals surface area contributed by atoms with E-state index in [9.17, 15) is 4.79 Å². The van der Waals surface area contributed by atoms with Gasteiger partial charge in [0, 0.05) is 26.2 Å². The highest BCUT2D eigenvalue weighted by molar-refractivity contribution is 9.10. The van der Waals surface area contributed by atoms with Crippen LogP contribution in [0, 0.1) is 11.8 Å². The minimum absolute atomic E-state index is 0.00197. The van der Waals surface area contributed by atoms with Crippen LogP contribution < -0.4 is 16.2 Å². The molecule has 1 aromatic rings. The van der Waals surface area contributed by atoms with Crippen molar-refractivity contribution < 1.29 is 0 Å². The first-order chi connectivity index (χ1) is 10.1. The summed E-state index contributed by atoms with van der Waals surface area (Å²) in [5.74, 6) is 1.24. The van der Waals surface area contributed by atoms with E-state index in [1.807, 2.05) is 7.05 Å². The van der Waals surface area contributed by atoms with Gasteiger partial charge in [-0.3, -0.25) is 4.79 Å². The lowest BCUT2D eigenvalue weighted by molar-refractivity contribution is 0.261. The van der Waals surface area contributed by atoms with Gasteiger partial charge in [0.05, 0.1) is 10.7 Å². The molecule has 0 bridgehead atoms. The molecule has 6 heteroatoms. The van der Waals surface area contributed by atoms with Gasteiger partial charge in [0.25, 0.3) is 5.56 Å². The van der Waals surface area contributed by atoms with Gasteiger partial charge in [-0.1, -0.05) is 6.42 Å². The molecule has 0 aromatic carbocycles. The summed E-state index contributed by atoms with van der Waals surface area (Å²) in [5, 5.41) is 4.29. The molecule has 0 radical (unpaired) electrons. The molecule has 21 heavy (non-hydrogen) atoms. The lowest BCUT2D eigenvalue weighted by Crippen LogP contribution is -2.44. The number of anilines is 1. The highest BCUT2D eigenvalue weighted by Crippen LogP contribution is 2.36. The van der Waals surface area contributed by atoms with Crippen molar-refractivity contribution >= 4 is 21.6 Å². The molecule has 2 N–H and O–H groups in total. The van der Waals surface area contributed by atoms with E-state index >= 15 is 0 Å². The number of likely N-dealkylation sites (N-methyl/N-ethyl adjacent to an activating group) is 1. The highest BCUT2D eigenvalue weighted by atomic mass is 79.9. The normalized spacial score (nSPS) is 20.1. The van der Waals surface area contributed by atoms with Crippen LogP contribution in [0.15, 0.2) is 15.5 Å². The van der Waals surface area contributed by atoms with Crippen LogP contribution in [0.3, 0.4) is 0 Å². The largest absolute Gasteiger partial charge is 0.365 e. The molecule has 0 saturated heterocycles. The Balaban J connectivity index is 1.88. The molecule has 0 aliphatic heterocycles. The Bertz CT molecular complexity index is 565. The van der Waals surface area contributed by atoms with Crippen LogP contribution in [-0.4, -0.2) is 29.4 Å². The van der Waals surface area contributed by atoms with Gasteiger partial charge >= 0.3 is 0 Å². The topological polar surface area (TPSA) is 64.2 Å². The van der Waals surface area contributed by atoms with E-state index in [2.05, 4.69) is 25.9 Å². The van der Waals surface area contributed by atoms with Crippen LogP contribution in [0.4, 0.5) is 5.69 Å². The maximum Gasteiger partial charge on any atom is 0.291 e. The molecule has 1 heterocycles. The van der Waals surface area contributed by atoms with E-state index in [0.717, 1.165) is 11.0 Å². The molecule has 1 atom stereocenters. The monoisotopic (exact) mass is 354 g/mol. The van der Waals surface area contributed by atoms with E-state index in [1.165, 1.54) is 32.1 Å². The average Bonchev–Trinajstić information content (AvgIpc) is 3.21. The van der Waals surface area contributed by atoms with Crippen molar-refractivity contribution in [1.82, 2.24) is 9.78 Å². The molecule has 2 aliphatic carbocycles. The van der Waals surface area contributed by atoms with Crippen LogP contribution in [0.1, 0.15) is 32.1 Å². The Morgan fingerprint density at radius 1 is 1.48 bits per heavy atom. The second-order valence-corrected chi connectivity index (χ2v) is 7.23. The van der Waals surface area contributed by atoms with Crippen LogP contribution >= 0.6 is 15.9 Å². The summed E-state index contributed by atoms with van der Waals surface area (Å²) in [5.41, 5.74) is 6.62.